The van der Waals surface area contributed by atoms with Crippen molar-refractivity contribution in [3.8, 4) is 11.1 Å². The summed E-state index contributed by atoms with van der Waals surface area (Å²) in [6, 6.07) is 12.8. The van der Waals surface area contributed by atoms with Crippen LogP contribution in [-0.2, 0) is 11.2 Å². The third-order valence-corrected chi connectivity index (χ3v) is 6.37. The van der Waals surface area contributed by atoms with Gasteiger partial charge in [-0.05, 0) is 64.6 Å². The number of carboxylic acid groups (broad SMARTS) is 1. The third kappa shape index (κ3) is 5.67. The Balaban J connectivity index is 1.56. The number of H-pyrrole nitrogens is 1. The molecule has 174 valence electrons. The molecular weight excluding hydrogens is 479 g/mol. The van der Waals surface area contributed by atoms with Gasteiger partial charge in [0.1, 0.15) is 11.5 Å². The Hall–Kier alpha value is -3.56. The molecule has 1 unspecified atom stereocenters. The topological polar surface area (TPSA) is 108 Å². The number of amides is 1. The van der Waals surface area contributed by atoms with Crippen molar-refractivity contribution in [1.82, 2.24) is 20.7 Å². The molecule has 2 aromatic heterocycles. The Labute approximate surface area is 203 Å². The van der Waals surface area contributed by atoms with Crippen LogP contribution in [0.25, 0.3) is 11.1 Å². The number of halogens is 2. The number of benzene rings is 2. The maximum Gasteiger partial charge on any atom is 0.311 e. The number of carbonyl (C=O) groups is 2. The van der Waals surface area contributed by atoms with Gasteiger partial charge in [-0.25, -0.2) is 4.39 Å². The van der Waals surface area contributed by atoms with Gasteiger partial charge in [-0.1, -0.05) is 41.1 Å². The van der Waals surface area contributed by atoms with E-state index in [2.05, 4.69) is 20.7 Å². The number of rotatable bonds is 9. The molecule has 0 bridgehead atoms. The molecule has 2 atom stereocenters. The fraction of sp³-hybridized carbons (Fsp3) is 0.167. The lowest BCUT2D eigenvalue weighted by Crippen LogP contribution is -2.38. The van der Waals surface area contributed by atoms with Gasteiger partial charge in [0, 0.05) is 16.6 Å². The number of aromatic amines is 1. The van der Waals surface area contributed by atoms with Gasteiger partial charge in [0.15, 0.2) is 0 Å². The first-order valence-electron chi connectivity index (χ1n) is 10.4. The highest BCUT2D eigenvalue weighted by Gasteiger charge is 2.26. The van der Waals surface area contributed by atoms with Crippen LogP contribution in [0.4, 0.5) is 4.39 Å². The van der Waals surface area contributed by atoms with Crippen molar-refractivity contribution in [2.45, 2.75) is 24.8 Å². The third-order valence-electron chi connectivity index (χ3n) is 5.43. The van der Waals surface area contributed by atoms with E-state index in [1.807, 2.05) is 17.5 Å². The van der Waals surface area contributed by atoms with Crippen LogP contribution >= 0.6 is 22.9 Å². The molecule has 0 radical (unpaired) electrons. The molecule has 0 aliphatic rings. The van der Waals surface area contributed by atoms with E-state index in [1.54, 1.807) is 29.6 Å². The fourth-order valence-corrected chi connectivity index (χ4v) is 4.61. The second-order valence-corrected chi connectivity index (χ2v) is 8.97. The molecule has 4 rings (SSSR count). The molecule has 3 N–H and O–H groups in total. The van der Waals surface area contributed by atoms with Crippen LogP contribution in [0.2, 0.25) is 5.02 Å². The van der Waals surface area contributed by atoms with Crippen molar-refractivity contribution in [3.63, 3.8) is 0 Å². The minimum absolute atomic E-state index is 0.180. The highest BCUT2D eigenvalue weighted by atomic mass is 35.5. The summed E-state index contributed by atoms with van der Waals surface area (Å²) in [7, 11) is 0. The number of nitrogens with zero attached hydrogens (tertiary/aromatic N) is 2. The molecule has 0 spiro atoms. The Bertz CT molecular complexity index is 1260. The van der Waals surface area contributed by atoms with Crippen LogP contribution < -0.4 is 5.32 Å². The summed E-state index contributed by atoms with van der Waals surface area (Å²) in [6.45, 7) is 0. The Morgan fingerprint density at radius 3 is 2.62 bits per heavy atom. The number of aliphatic carboxylic acids is 1. The van der Waals surface area contributed by atoms with Gasteiger partial charge < -0.3 is 10.4 Å². The summed E-state index contributed by atoms with van der Waals surface area (Å²) < 4.78 is 14.2. The smallest absolute Gasteiger partial charge is 0.311 e. The molecule has 0 aliphatic heterocycles. The normalized spacial score (nSPS) is 12.8. The zero-order valence-electron chi connectivity index (χ0n) is 17.7. The van der Waals surface area contributed by atoms with Gasteiger partial charge >= 0.3 is 5.97 Å². The summed E-state index contributed by atoms with van der Waals surface area (Å²) in [4.78, 5) is 24.6. The van der Waals surface area contributed by atoms with Crippen LogP contribution in [0, 0.1) is 5.82 Å². The molecule has 2 aromatic carbocycles. The number of aromatic nitrogens is 3. The van der Waals surface area contributed by atoms with Gasteiger partial charge in [0.25, 0.3) is 5.91 Å². The first-order valence-corrected chi connectivity index (χ1v) is 11.7. The van der Waals surface area contributed by atoms with Gasteiger partial charge in [-0.15, -0.1) is 5.10 Å². The van der Waals surface area contributed by atoms with Gasteiger partial charge in [-0.3, -0.25) is 14.7 Å². The van der Waals surface area contributed by atoms with Crippen LogP contribution in [-0.4, -0.2) is 38.4 Å². The van der Waals surface area contributed by atoms with Gasteiger partial charge in [0.2, 0.25) is 0 Å². The summed E-state index contributed by atoms with van der Waals surface area (Å²) >= 11 is 7.43. The van der Waals surface area contributed by atoms with Crippen molar-refractivity contribution < 1.29 is 19.1 Å². The van der Waals surface area contributed by atoms with Crippen molar-refractivity contribution in [2.75, 3.05) is 0 Å². The van der Waals surface area contributed by atoms with Crippen molar-refractivity contribution >= 4 is 34.8 Å². The van der Waals surface area contributed by atoms with Gasteiger partial charge in [0.05, 0.1) is 12.1 Å². The number of carboxylic acids is 1. The van der Waals surface area contributed by atoms with Crippen LogP contribution in [0.15, 0.2) is 65.5 Å². The summed E-state index contributed by atoms with van der Waals surface area (Å²) in [5, 5.41) is 26.4. The summed E-state index contributed by atoms with van der Waals surface area (Å²) in [6.07, 6.45) is 1.86. The van der Waals surface area contributed by atoms with E-state index in [1.165, 1.54) is 29.7 Å². The van der Waals surface area contributed by atoms with E-state index >= 15 is 0 Å². The second kappa shape index (κ2) is 10.6. The summed E-state index contributed by atoms with van der Waals surface area (Å²) in [5.41, 5.74) is 2.77. The van der Waals surface area contributed by atoms with E-state index in [0.29, 0.717) is 28.1 Å². The maximum absolute atomic E-state index is 14.2. The standard InChI is InChI=1S/C24H20ClFN4O3S/c25-17-5-6-21(26)19(10-17)15-3-1-14(2-4-15)9-18(28-23(31)22-12-27-30-29-22)11-20(24(32)33)16-7-8-34-13-16/h1-8,10,12-13,18,20H,9,11H2,(H,28,31)(H,32,33)(H,27,29,30)/t18-,20?/m1/s1. The number of carbonyl (C=O) groups excluding carboxylic acids is 1. The average molecular weight is 499 g/mol. The van der Waals surface area contributed by atoms with E-state index in [9.17, 15) is 19.1 Å². The second-order valence-electron chi connectivity index (χ2n) is 7.75. The molecule has 7 nitrogen and oxygen atoms in total. The molecule has 0 aliphatic carbocycles. The highest BCUT2D eigenvalue weighted by Crippen LogP contribution is 2.28. The number of hydrogen-bond donors (Lipinski definition) is 3. The lowest BCUT2D eigenvalue weighted by atomic mass is 9.90. The van der Waals surface area contributed by atoms with Crippen molar-refractivity contribution in [2.24, 2.45) is 0 Å². The fourth-order valence-electron chi connectivity index (χ4n) is 3.72. The predicted molar refractivity (Wildman–Crippen MR) is 127 cm³/mol. The van der Waals surface area contributed by atoms with E-state index in [-0.39, 0.29) is 17.9 Å². The minimum atomic E-state index is -0.965. The van der Waals surface area contributed by atoms with Gasteiger partial charge in [-0.2, -0.15) is 11.3 Å². The number of thiophene rings is 1. The average Bonchev–Trinajstić information content (AvgIpc) is 3.54. The van der Waals surface area contributed by atoms with Crippen LogP contribution in [0.1, 0.15) is 34.0 Å². The molecule has 4 aromatic rings. The zero-order valence-corrected chi connectivity index (χ0v) is 19.3. The quantitative estimate of drug-likeness (QED) is 0.303. The molecular formula is C24H20ClFN4O3S. The lowest BCUT2D eigenvalue weighted by molar-refractivity contribution is -0.139. The molecule has 1 amide bonds. The first kappa shape index (κ1) is 23.6. The molecule has 34 heavy (non-hydrogen) atoms. The van der Waals surface area contributed by atoms with E-state index < -0.39 is 23.8 Å². The maximum atomic E-state index is 14.2. The van der Waals surface area contributed by atoms with Crippen molar-refractivity contribution in [3.05, 3.63) is 93.1 Å². The first-order chi connectivity index (χ1) is 16.4. The molecule has 0 fully saturated rings. The lowest BCUT2D eigenvalue weighted by Gasteiger charge is -2.22. The Morgan fingerprint density at radius 1 is 1.18 bits per heavy atom. The molecule has 2 heterocycles. The zero-order chi connectivity index (χ0) is 24.1. The monoisotopic (exact) mass is 498 g/mol. The molecule has 10 heteroatoms. The Kier molecular flexibility index (Phi) is 7.34. The number of nitrogens with one attached hydrogen (secondary N) is 2. The largest absolute Gasteiger partial charge is 0.481 e. The predicted octanol–water partition coefficient (Wildman–Crippen LogP) is 4.93. The minimum Gasteiger partial charge on any atom is -0.481 e. The van der Waals surface area contributed by atoms with E-state index in [0.717, 1.165) is 5.56 Å². The van der Waals surface area contributed by atoms with E-state index in [4.69, 9.17) is 11.6 Å². The number of hydrogen-bond acceptors (Lipinski definition) is 5. The van der Waals surface area contributed by atoms with Crippen LogP contribution in [0.5, 0.6) is 0 Å². The summed E-state index contributed by atoms with van der Waals surface area (Å²) in [5.74, 6) is -2.55. The van der Waals surface area contributed by atoms with Crippen LogP contribution in [0.3, 0.4) is 0 Å². The Morgan fingerprint density at radius 2 is 1.97 bits per heavy atom. The molecule has 0 saturated heterocycles. The highest BCUT2D eigenvalue weighted by molar-refractivity contribution is 7.08. The molecule has 0 saturated carbocycles. The van der Waals surface area contributed by atoms with Crippen molar-refractivity contribution in [1.29, 1.82) is 0 Å². The SMILES string of the molecule is O=C(N[C@H](Cc1ccc(-c2cc(Cl)ccc2F)cc1)CC(C(=O)O)c1ccsc1)c1cnn[nH]1.